The molecule has 0 bridgehead atoms. The van der Waals surface area contributed by atoms with Crippen molar-refractivity contribution in [1.82, 2.24) is 9.97 Å². The quantitative estimate of drug-likeness (QED) is 0.895. The van der Waals surface area contributed by atoms with Gasteiger partial charge in [-0.25, -0.2) is 4.98 Å². The molecule has 1 aromatic carbocycles. The molecule has 94 valence electrons. The van der Waals surface area contributed by atoms with E-state index < -0.39 is 0 Å². The zero-order valence-corrected chi connectivity index (χ0v) is 10.8. The van der Waals surface area contributed by atoms with Gasteiger partial charge in [-0.2, -0.15) is 0 Å². The summed E-state index contributed by atoms with van der Waals surface area (Å²) in [6.07, 6.45) is 7.35. The van der Waals surface area contributed by atoms with Gasteiger partial charge in [0.05, 0.1) is 6.54 Å². The zero-order chi connectivity index (χ0) is 12.4. The van der Waals surface area contributed by atoms with Gasteiger partial charge >= 0.3 is 0 Å². The van der Waals surface area contributed by atoms with Crippen molar-refractivity contribution in [2.45, 2.75) is 38.8 Å². The molecule has 1 aliphatic rings. The number of fused-ring (bicyclic) bond motifs is 1. The summed E-state index contributed by atoms with van der Waals surface area (Å²) in [5.41, 5.74) is 2.85. The Morgan fingerprint density at radius 2 is 2.28 bits per heavy atom. The molecule has 0 amide bonds. The molecule has 3 heteroatoms. The van der Waals surface area contributed by atoms with Crippen LogP contribution >= 0.6 is 0 Å². The number of benzene rings is 1. The maximum Gasteiger partial charge on any atom is 0.125 e. The molecular formula is C15H19N3. The molecule has 3 nitrogen and oxygen atoms in total. The van der Waals surface area contributed by atoms with Crippen LogP contribution in [0.4, 0.5) is 5.69 Å². The van der Waals surface area contributed by atoms with Crippen molar-refractivity contribution in [1.29, 1.82) is 0 Å². The Labute approximate surface area is 108 Å². The SMILES string of the molecule is CCC1CCc2ccccc2N1Cc1ncc[nH]1. The molecule has 1 unspecified atom stereocenters. The van der Waals surface area contributed by atoms with Gasteiger partial charge in [0.25, 0.3) is 0 Å². The minimum atomic E-state index is 0.630. The summed E-state index contributed by atoms with van der Waals surface area (Å²) < 4.78 is 0. The van der Waals surface area contributed by atoms with Crippen molar-refractivity contribution < 1.29 is 0 Å². The predicted octanol–water partition coefficient (Wildman–Crippen LogP) is 3.14. The van der Waals surface area contributed by atoms with Crippen LogP contribution in [-0.2, 0) is 13.0 Å². The minimum absolute atomic E-state index is 0.630. The van der Waals surface area contributed by atoms with Crippen molar-refractivity contribution in [2.24, 2.45) is 0 Å². The summed E-state index contributed by atoms with van der Waals surface area (Å²) >= 11 is 0. The van der Waals surface area contributed by atoms with Crippen LogP contribution in [0.15, 0.2) is 36.7 Å². The smallest absolute Gasteiger partial charge is 0.125 e. The van der Waals surface area contributed by atoms with Crippen molar-refractivity contribution in [3.05, 3.63) is 48.0 Å². The third kappa shape index (κ3) is 2.01. The van der Waals surface area contributed by atoms with E-state index in [0.29, 0.717) is 6.04 Å². The van der Waals surface area contributed by atoms with E-state index in [2.05, 4.69) is 46.1 Å². The topological polar surface area (TPSA) is 31.9 Å². The maximum atomic E-state index is 4.35. The van der Waals surface area contributed by atoms with Crippen LogP contribution in [0.5, 0.6) is 0 Å². The standard InChI is InChI=1S/C15H19N3/c1-2-13-8-7-12-5-3-4-6-14(12)18(13)11-15-16-9-10-17-15/h3-6,9-10,13H,2,7-8,11H2,1H3,(H,16,17). The van der Waals surface area contributed by atoms with Crippen molar-refractivity contribution in [2.75, 3.05) is 4.90 Å². The molecular weight excluding hydrogens is 222 g/mol. The third-order valence-corrected chi connectivity index (χ3v) is 3.83. The summed E-state index contributed by atoms with van der Waals surface area (Å²) in [5, 5.41) is 0. The molecule has 0 saturated heterocycles. The number of aromatic nitrogens is 2. The first-order valence-electron chi connectivity index (χ1n) is 6.71. The second-order valence-electron chi connectivity index (χ2n) is 4.89. The normalized spacial score (nSPS) is 18.7. The first-order valence-corrected chi connectivity index (χ1v) is 6.71. The van der Waals surface area contributed by atoms with E-state index >= 15 is 0 Å². The van der Waals surface area contributed by atoms with E-state index in [0.717, 1.165) is 12.4 Å². The summed E-state index contributed by atoms with van der Waals surface area (Å²) in [7, 11) is 0. The van der Waals surface area contributed by atoms with Crippen LogP contribution in [0.3, 0.4) is 0 Å². The highest BCUT2D eigenvalue weighted by molar-refractivity contribution is 5.56. The number of imidazole rings is 1. The van der Waals surface area contributed by atoms with Gasteiger partial charge in [-0.15, -0.1) is 0 Å². The fraction of sp³-hybridized carbons (Fsp3) is 0.400. The first-order chi connectivity index (χ1) is 8.88. The summed E-state index contributed by atoms with van der Waals surface area (Å²) in [4.78, 5) is 10.1. The number of para-hydroxylation sites is 1. The largest absolute Gasteiger partial charge is 0.361 e. The van der Waals surface area contributed by atoms with Gasteiger partial charge in [0.1, 0.15) is 5.82 Å². The second kappa shape index (κ2) is 4.84. The molecule has 3 rings (SSSR count). The number of nitrogens with zero attached hydrogens (tertiary/aromatic N) is 2. The molecule has 1 aliphatic heterocycles. The van der Waals surface area contributed by atoms with Crippen molar-refractivity contribution in [3.63, 3.8) is 0 Å². The number of aryl methyl sites for hydroxylation is 1. The van der Waals surface area contributed by atoms with Crippen LogP contribution in [0.1, 0.15) is 31.2 Å². The number of anilines is 1. The highest BCUT2D eigenvalue weighted by atomic mass is 15.2. The average molecular weight is 241 g/mol. The highest BCUT2D eigenvalue weighted by Gasteiger charge is 2.25. The first kappa shape index (κ1) is 11.3. The fourth-order valence-corrected chi connectivity index (χ4v) is 2.86. The molecule has 0 fully saturated rings. The van der Waals surface area contributed by atoms with Crippen LogP contribution < -0.4 is 4.90 Å². The Balaban J connectivity index is 1.93. The molecule has 0 spiro atoms. The Kier molecular flexibility index (Phi) is 3.05. The van der Waals surface area contributed by atoms with Gasteiger partial charge < -0.3 is 9.88 Å². The minimum Gasteiger partial charge on any atom is -0.361 e. The number of hydrogen-bond donors (Lipinski definition) is 1. The highest BCUT2D eigenvalue weighted by Crippen LogP contribution is 2.32. The summed E-state index contributed by atoms with van der Waals surface area (Å²) in [6, 6.07) is 9.38. The van der Waals surface area contributed by atoms with Crippen molar-refractivity contribution in [3.8, 4) is 0 Å². The molecule has 1 atom stereocenters. The number of aromatic amines is 1. The van der Waals surface area contributed by atoms with Gasteiger partial charge in [0.2, 0.25) is 0 Å². The number of hydrogen-bond acceptors (Lipinski definition) is 2. The monoisotopic (exact) mass is 241 g/mol. The van der Waals surface area contributed by atoms with E-state index in [9.17, 15) is 0 Å². The van der Waals surface area contributed by atoms with Crippen molar-refractivity contribution >= 4 is 5.69 Å². The van der Waals surface area contributed by atoms with E-state index in [-0.39, 0.29) is 0 Å². The fourth-order valence-electron chi connectivity index (χ4n) is 2.86. The maximum absolute atomic E-state index is 4.35. The molecule has 0 radical (unpaired) electrons. The molecule has 0 aliphatic carbocycles. The third-order valence-electron chi connectivity index (χ3n) is 3.83. The molecule has 0 saturated carbocycles. The average Bonchev–Trinajstić information content (AvgIpc) is 2.92. The molecule has 1 aromatic heterocycles. The molecule has 2 aromatic rings. The number of rotatable bonds is 3. The van der Waals surface area contributed by atoms with E-state index in [1.807, 2.05) is 12.4 Å². The lowest BCUT2D eigenvalue weighted by molar-refractivity contribution is 0.506. The van der Waals surface area contributed by atoms with Gasteiger partial charge in [-0.3, -0.25) is 0 Å². The number of H-pyrrole nitrogens is 1. The predicted molar refractivity (Wildman–Crippen MR) is 73.6 cm³/mol. The van der Waals surface area contributed by atoms with Crippen LogP contribution in [-0.4, -0.2) is 16.0 Å². The Bertz CT molecular complexity index is 504. The Hall–Kier alpha value is -1.77. The van der Waals surface area contributed by atoms with Crippen LogP contribution in [0.25, 0.3) is 0 Å². The van der Waals surface area contributed by atoms with Gasteiger partial charge in [-0.05, 0) is 30.9 Å². The Morgan fingerprint density at radius 1 is 1.39 bits per heavy atom. The summed E-state index contributed by atoms with van der Waals surface area (Å²) in [6.45, 7) is 3.15. The van der Waals surface area contributed by atoms with E-state index in [4.69, 9.17) is 0 Å². The lowest BCUT2D eigenvalue weighted by Crippen LogP contribution is -2.38. The molecule has 1 N–H and O–H groups in total. The van der Waals surface area contributed by atoms with Crippen LogP contribution in [0, 0.1) is 0 Å². The summed E-state index contributed by atoms with van der Waals surface area (Å²) in [5.74, 6) is 1.05. The van der Waals surface area contributed by atoms with Gasteiger partial charge in [-0.1, -0.05) is 25.1 Å². The van der Waals surface area contributed by atoms with E-state index in [1.54, 1.807) is 0 Å². The number of nitrogens with one attached hydrogen (secondary N) is 1. The van der Waals surface area contributed by atoms with Crippen LogP contribution in [0.2, 0.25) is 0 Å². The molecule has 18 heavy (non-hydrogen) atoms. The van der Waals surface area contributed by atoms with Gasteiger partial charge in [0.15, 0.2) is 0 Å². The lowest BCUT2D eigenvalue weighted by Gasteiger charge is -2.38. The second-order valence-corrected chi connectivity index (χ2v) is 4.89. The lowest BCUT2D eigenvalue weighted by atomic mass is 9.94. The Morgan fingerprint density at radius 3 is 3.06 bits per heavy atom. The van der Waals surface area contributed by atoms with Gasteiger partial charge in [0, 0.05) is 24.1 Å². The van der Waals surface area contributed by atoms with E-state index in [1.165, 1.54) is 30.5 Å². The zero-order valence-electron chi connectivity index (χ0n) is 10.8. The molecule has 2 heterocycles.